The average Bonchev–Trinajstić information content (AvgIpc) is 2.69. The van der Waals surface area contributed by atoms with Crippen LogP contribution in [0.25, 0.3) is 11.4 Å². The van der Waals surface area contributed by atoms with Crippen LogP contribution in [-0.2, 0) is 0 Å². The molecule has 1 heterocycles. The van der Waals surface area contributed by atoms with Crippen molar-refractivity contribution in [3.05, 3.63) is 66.2 Å². The van der Waals surface area contributed by atoms with Gasteiger partial charge in [0.1, 0.15) is 11.6 Å². The minimum absolute atomic E-state index is 0.0354. The predicted octanol–water partition coefficient (Wildman–Crippen LogP) is 5.30. The Morgan fingerprint density at radius 2 is 1.74 bits per heavy atom. The van der Waals surface area contributed by atoms with Crippen molar-refractivity contribution >= 4 is 23.1 Å². The van der Waals surface area contributed by atoms with Crippen LogP contribution in [0.2, 0.25) is 0 Å². The van der Waals surface area contributed by atoms with E-state index in [0.717, 1.165) is 36.5 Å². The zero-order valence-corrected chi connectivity index (χ0v) is 15.7. The summed E-state index contributed by atoms with van der Waals surface area (Å²) in [4.78, 5) is 20.9. The highest BCUT2D eigenvalue weighted by Crippen LogP contribution is 2.23. The zero-order chi connectivity index (χ0) is 19.1. The summed E-state index contributed by atoms with van der Waals surface area (Å²) >= 11 is 0. The molecule has 0 aliphatic rings. The Hall–Kier alpha value is -3.21. The van der Waals surface area contributed by atoms with Crippen molar-refractivity contribution in [2.45, 2.75) is 26.7 Å². The van der Waals surface area contributed by atoms with Gasteiger partial charge in [0, 0.05) is 29.4 Å². The lowest BCUT2D eigenvalue weighted by atomic mass is 10.1. The monoisotopic (exact) mass is 360 g/mol. The molecule has 3 aromatic rings. The molecule has 0 saturated heterocycles. The van der Waals surface area contributed by atoms with Crippen molar-refractivity contribution < 1.29 is 4.79 Å². The first-order valence-corrected chi connectivity index (χ1v) is 9.22. The van der Waals surface area contributed by atoms with Crippen LogP contribution in [0.1, 0.15) is 37.0 Å². The van der Waals surface area contributed by atoms with Gasteiger partial charge in [0.25, 0.3) is 0 Å². The summed E-state index contributed by atoms with van der Waals surface area (Å²) < 4.78 is 0. The van der Waals surface area contributed by atoms with Gasteiger partial charge >= 0.3 is 0 Å². The largest absolute Gasteiger partial charge is 0.370 e. The molecule has 0 unspecified atom stereocenters. The number of unbranched alkanes of at least 4 members (excludes halogenated alkanes) is 1. The standard InChI is InChI=1S/C22H24N4O/c1-3-4-13-23-20-15-21(24-19-12-8-11-18(14-19)16(2)27)26-22(25-20)17-9-6-5-7-10-17/h5-12,14-15H,3-4,13H2,1-2H3,(H2,23,24,25,26). The van der Waals surface area contributed by atoms with Crippen LogP contribution in [0.15, 0.2) is 60.7 Å². The molecular formula is C22H24N4O. The van der Waals surface area contributed by atoms with Gasteiger partial charge in [-0.15, -0.1) is 0 Å². The molecule has 5 heteroatoms. The maximum atomic E-state index is 11.6. The van der Waals surface area contributed by atoms with Crippen molar-refractivity contribution in [2.75, 3.05) is 17.2 Å². The smallest absolute Gasteiger partial charge is 0.163 e. The molecule has 0 aliphatic heterocycles. The Labute approximate surface area is 159 Å². The van der Waals surface area contributed by atoms with E-state index < -0.39 is 0 Å². The maximum Gasteiger partial charge on any atom is 0.163 e. The summed E-state index contributed by atoms with van der Waals surface area (Å²) in [5.74, 6) is 2.15. The highest BCUT2D eigenvalue weighted by molar-refractivity contribution is 5.95. The van der Waals surface area contributed by atoms with E-state index in [1.807, 2.05) is 54.6 Å². The second kappa shape index (κ2) is 8.94. The number of hydrogen-bond donors (Lipinski definition) is 2. The number of hydrogen-bond acceptors (Lipinski definition) is 5. The first-order valence-electron chi connectivity index (χ1n) is 9.22. The van der Waals surface area contributed by atoms with Crippen LogP contribution in [0.4, 0.5) is 17.3 Å². The first-order chi connectivity index (χ1) is 13.2. The lowest BCUT2D eigenvalue weighted by Crippen LogP contribution is -2.06. The van der Waals surface area contributed by atoms with Crippen LogP contribution in [-0.4, -0.2) is 22.3 Å². The molecule has 2 N–H and O–H groups in total. The predicted molar refractivity (Wildman–Crippen MR) is 111 cm³/mol. The maximum absolute atomic E-state index is 11.6. The van der Waals surface area contributed by atoms with Crippen molar-refractivity contribution in [3.63, 3.8) is 0 Å². The lowest BCUT2D eigenvalue weighted by Gasteiger charge is -2.12. The summed E-state index contributed by atoms with van der Waals surface area (Å²) in [6.07, 6.45) is 2.20. The van der Waals surface area contributed by atoms with Crippen LogP contribution in [0.5, 0.6) is 0 Å². The van der Waals surface area contributed by atoms with E-state index in [4.69, 9.17) is 0 Å². The molecule has 3 rings (SSSR count). The van der Waals surface area contributed by atoms with Crippen LogP contribution in [0.3, 0.4) is 0 Å². The molecule has 0 atom stereocenters. The van der Waals surface area contributed by atoms with Gasteiger partial charge in [-0.25, -0.2) is 9.97 Å². The highest BCUT2D eigenvalue weighted by atomic mass is 16.1. The molecule has 0 spiro atoms. The van der Waals surface area contributed by atoms with Gasteiger partial charge in [0.2, 0.25) is 0 Å². The lowest BCUT2D eigenvalue weighted by molar-refractivity contribution is 0.101. The molecule has 0 saturated carbocycles. The molecule has 2 aromatic carbocycles. The average molecular weight is 360 g/mol. The van der Waals surface area contributed by atoms with Gasteiger partial charge in [0.15, 0.2) is 11.6 Å². The molecular weight excluding hydrogens is 336 g/mol. The number of aromatic nitrogens is 2. The van der Waals surface area contributed by atoms with E-state index in [1.165, 1.54) is 0 Å². The van der Waals surface area contributed by atoms with E-state index in [1.54, 1.807) is 13.0 Å². The second-order valence-electron chi connectivity index (χ2n) is 6.37. The van der Waals surface area contributed by atoms with Gasteiger partial charge < -0.3 is 10.6 Å². The topological polar surface area (TPSA) is 66.9 Å². The number of anilines is 3. The molecule has 5 nitrogen and oxygen atoms in total. The normalized spacial score (nSPS) is 10.4. The Morgan fingerprint density at radius 1 is 0.963 bits per heavy atom. The molecule has 0 aliphatic carbocycles. The molecule has 0 radical (unpaired) electrons. The molecule has 138 valence electrons. The van der Waals surface area contributed by atoms with Gasteiger partial charge in [-0.05, 0) is 25.5 Å². The number of rotatable bonds is 8. The number of Topliss-reactive ketones (excluding diaryl/α,β-unsaturated/α-hetero) is 1. The second-order valence-corrected chi connectivity index (χ2v) is 6.37. The van der Waals surface area contributed by atoms with E-state index in [0.29, 0.717) is 17.2 Å². The van der Waals surface area contributed by atoms with Crippen molar-refractivity contribution in [2.24, 2.45) is 0 Å². The fourth-order valence-corrected chi connectivity index (χ4v) is 2.68. The molecule has 0 amide bonds. The van der Waals surface area contributed by atoms with Gasteiger partial charge in [0.05, 0.1) is 0 Å². The number of nitrogens with zero attached hydrogens (tertiary/aromatic N) is 2. The first kappa shape index (κ1) is 18.6. The summed E-state index contributed by atoms with van der Waals surface area (Å²) in [6.45, 7) is 4.58. The number of ketones is 1. The minimum atomic E-state index is 0.0354. The molecule has 0 bridgehead atoms. The van der Waals surface area contributed by atoms with Crippen molar-refractivity contribution in [1.82, 2.24) is 9.97 Å². The van der Waals surface area contributed by atoms with Gasteiger partial charge in [-0.3, -0.25) is 4.79 Å². The molecule has 27 heavy (non-hydrogen) atoms. The number of carbonyl (C=O) groups excluding carboxylic acids is 1. The van der Waals surface area contributed by atoms with E-state index in [-0.39, 0.29) is 5.78 Å². The fourth-order valence-electron chi connectivity index (χ4n) is 2.68. The third-order valence-electron chi connectivity index (χ3n) is 4.14. The SMILES string of the molecule is CCCCNc1cc(Nc2cccc(C(C)=O)c2)nc(-c2ccccc2)n1. The molecule has 1 aromatic heterocycles. The summed E-state index contributed by atoms with van der Waals surface area (Å²) in [5.41, 5.74) is 2.44. The Morgan fingerprint density at radius 3 is 2.48 bits per heavy atom. The fraction of sp³-hybridized carbons (Fsp3) is 0.227. The zero-order valence-electron chi connectivity index (χ0n) is 15.7. The summed E-state index contributed by atoms with van der Waals surface area (Å²) in [5, 5.41) is 6.66. The number of carbonyl (C=O) groups is 1. The van der Waals surface area contributed by atoms with E-state index >= 15 is 0 Å². The van der Waals surface area contributed by atoms with Crippen LogP contribution in [0, 0.1) is 0 Å². The van der Waals surface area contributed by atoms with E-state index in [9.17, 15) is 4.79 Å². The van der Waals surface area contributed by atoms with Crippen LogP contribution < -0.4 is 10.6 Å². The Kier molecular flexibility index (Phi) is 6.15. The number of benzene rings is 2. The minimum Gasteiger partial charge on any atom is -0.370 e. The third-order valence-corrected chi connectivity index (χ3v) is 4.14. The van der Waals surface area contributed by atoms with Gasteiger partial charge in [-0.2, -0.15) is 0 Å². The van der Waals surface area contributed by atoms with Crippen molar-refractivity contribution in [1.29, 1.82) is 0 Å². The Bertz CT molecular complexity index is 909. The quantitative estimate of drug-likeness (QED) is 0.421. The molecule has 0 fully saturated rings. The Balaban J connectivity index is 1.92. The van der Waals surface area contributed by atoms with Crippen LogP contribution >= 0.6 is 0 Å². The third kappa shape index (κ3) is 5.14. The van der Waals surface area contributed by atoms with Crippen molar-refractivity contribution in [3.8, 4) is 11.4 Å². The van der Waals surface area contributed by atoms with Gasteiger partial charge in [-0.1, -0.05) is 55.8 Å². The highest BCUT2D eigenvalue weighted by Gasteiger charge is 2.08. The number of nitrogens with one attached hydrogen (secondary N) is 2. The summed E-state index contributed by atoms with van der Waals surface area (Å²) in [6, 6.07) is 19.2. The summed E-state index contributed by atoms with van der Waals surface area (Å²) in [7, 11) is 0. The van der Waals surface area contributed by atoms with E-state index in [2.05, 4.69) is 27.5 Å².